The molecule has 3 rings (SSSR count). The maximum absolute atomic E-state index is 13.3. The van der Waals surface area contributed by atoms with Gasteiger partial charge in [0.25, 0.3) is 0 Å². The summed E-state index contributed by atoms with van der Waals surface area (Å²) in [6, 6.07) is 0.185. The van der Waals surface area contributed by atoms with E-state index in [0.29, 0.717) is 11.8 Å². The van der Waals surface area contributed by atoms with Crippen molar-refractivity contribution in [2.24, 2.45) is 11.8 Å². The standard InChI is InChI=1S/C16H19F3N2O2/c17-11-5-10(6-12(18)14(11)19)13(7-22)20-16(23)21-15(8-1-2-8)9-3-4-9/h5-6,8-9,13,15,22H,1-4,7H2,(H2,20,21,23). The zero-order chi connectivity index (χ0) is 16.6. The third-order valence-electron chi connectivity index (χ3n) is 4.45. The van der Waals surface area contributed by atoms with Crippen molar-refractivity contribution in [1.82, 2.24) is 10.6 Å². The molecular weight excluding hydrogens is 309 g/mol. The molecule has 3 N–H and O–H groups in total. The molecule has 2 saturated carbocycles. The minimum Gasteiger partial charge on any atom is -0.394 e. The topological polar surface area (TPSA) is 61.4 Å². The Balaban J connectivity index is 1.65. The summed E-state index contributed by atoms with van der Waals surface area (Å²) in [5.74, 6) is -3.27. The molecule has 0 radical (unpaired) electrons. The fourth-order valence-corrected chi connectivity index (χ4v) is 2.89. The predicted molar refractivity (Wildman–Crippen MR) is 77.0 cm³/mol. The molecule has 0 aliphatic heterocycles. The number of nitrogens with one attached hydrogen (secondary N) is 2. The lowest BCUT2D eigenvalue weighted by Crippen LogP contribution is -2.46. The van der Waals surface area contributed by atoms with Gasteiger partial charge in [-0.15, -0.1) is 0 Å². The van der Waals surface area contributed by atoms with Gasteiger partial charge in [0.2, 0.25) is 0 Å². The van der Waals surface area contributed by atoms with Crippen molar-refractivity contribution >= 4 is 6.03 Å². The predicted octanol–water partition coefficient (Wildman–Crippen LogP) is 2.63. The van der Waals surface area contributed by atoms with E-state index >= 15 is 0 Å². The Morgan fingerprint density at radius 2 is 1.61 bits per heavy atom. The van der Waals surface area contributed by atoms with Crippen molar-refractivity contribution < 1.29 is 23.1 Å². The number of hydrogen-bond acceptors (Lipinski definition) is 2. The first kappa shape index (κ1) is 16.1. The molecule has 0 aromatic heterocycles. The quantitative estimate of drug-likeness (QED) is 0.703. The van der Waals surface area contributed by atoms with Gasteiger partial charge in [-0.2, -0.15) is 0 Å². The summed E-state index contributed by atoms with van der Waals surface area (Å²) < 4.78 is 39.6. The Labute approximate surface area is 132 Å². The number of aliphatic hydroxyl groups excluding tert-OH is 1. The molecule has 1 unspecified atom stereocenters. The summed E-state index contributed by atoms with van der Waals surface area (Å²) in [5.41, 5.74) is -0.0200. The summed E-state index contributed by atoms with van der Waals surface area (Å²) in [4.78, 5) is 12.1. The van der Waals surface area contributed by atoms with E-state index in [4.69, 9.17) is 0 Å². The molecular formula is C16H19F3N2O2. The largest absolute Gasteiger partial charge is 0.394 e. The van der Waals surface area contributed by atoms with Crippen LogP contribution in [0.3, 0.4) is 0 Å². The van der Waals surface area contributed by atoms with E-state index in [1.807, 2.05) is 0 Å². The number of benzene rings is 1. The first-order valence-electron chi connectivity index (χ1n) is 7.82. The van der Waals surface area contributed by atoms with E-state index in [0.717, 1.165) is 37.8 Å². The number of urea groups is 1. The second-order valence-electron chi connectivity index (χ2n) is 6.35. The Morgan fingerprint density at radius 1 is 1.09 bits per heavy atom. The van der Waals surface area contributed by atoms with E-state index in [1.54, 1.807) is 0 Å². The molecule has 0 spiro atoms. The highest BCUT2D eigenvalue weighted by molar-refractivity contribution is 5.75. The first-order chi connectivity index (χ1) is 11.0. The van der Waals surface area contributed by atoms with Gasteiger partial charge in [-0.1, -0.05) is 0 Å². The van der Waals surface area contributed by atoms with Crippen molar-refractivity contribution in [3.63, 3.8) is 0 Å². The van der Waals surface area contributed by atoms with Crippen LogP contribution >= 0.6 is 0 Å². The van der Waals surface area contributed by atoms with Crippen LogP contribution < -0.4 is 10.6 Å². The minimum atomic E-state index is -1.57. The zero-order valence-electron chi connectivity index (χ0n) is 12.5. The maximum atomic E-state index is 13.3. The fourth-order valence-electron chi connectivity index (χ4n) is 2.89. The van der Waals surface area contributed by atoms with Gasteiger partial charge in [0, 0.05) is 6.04 Å². The number of carbonyl (C=O) groups is 1. The van der Waals surface area contributed by atoms with Crippen LogP contribution in [-0.4, -0.2) is 23.8 Å². The Morgan fingerprint density at radius 3 is 2.04 bits per heavy atom. The third kappa shape index (κ3) is 3.77. The van der Waals surface area contributed by atoms with Crippen LogP contribution in [0.1, 0.15) is 37.3 Å². The molecule has 1 aromatic rings. The highest BCUT2D eigenvalue weighted by atomic mass is 19.2. The number of rotatable bonds is 6. The number of aliphatic hydroxyl groups is 1. The van der Waals surface area contributed by atoms with Crippen molar-refractivity contribution in [1.29, 1.82) is 0 Å². The molecule has 0 bridgehead atoms. The normalized spacial score (nSPS) is 18.8. The lowest BCUT2D eigenvalue weighted by atomic mass is 10.1. The van der Waals surface area contributed by atoms with Crippen molar-refractivity contribution in [2.75, 3.05) is 6.61 Å². The monoisotopic (exact) mass is 328 g/mol. The molecule has 7 heteroatoms. The van der Waals surface area contributed by atoms with Crippen LogP contribution in [0.2, 0.25) is 0 Å². The van der Waals surface area contributed by atoms with Gasteiger partial charge in [0.1, 0.15) is 0 Å². The lowest BCUT2D eigenvalue weighted by molar-refractivity contribution is 0.211. The number of halogens is 3. The second kappa shape index (κ2) is 6.39. The molecule has 0 heterocycles. The molecule has 4 nitrogen and oxygen atoms in total. The fraction of sp³-hybridized carbons (Fsp3) is 0.562. The van der Waals surface area contributed by atoms with Crippen molar-refractivity contribution in [2.45, 2.75) is 37.8 Å². The summed E-state index contributed by atoms with van der Waals surface area (Å²) in [6.45, 7) is -0.546. The SMILES string of the molecule is O=C(NC(CO)c1cc(F)c(F)c(F)c1)NC(C1CC1)C1CC1. The smallest absolute Gasteiger partial charge is 0.315 e. The van der Waals surface area contributed by atoms with Crippen LogP contribution in [-0.2, 0) is 0 Å². The van der Waals surface area contributed by atoms with Crippen molar-refractivity contribution in [3.8, 4) is 0 Å². The molecule has 126 valence electrons. The zero-order valence-corrected chi connectivity index (χ0v) is 12.5. The molecule has 2 aliphatic rings. The molecule has 1 aromatic carbocycles. The number of hydrogen-bond donors (Lipinski definition) is 3. The Hall–Kier alpha value is -1.76. The molecule has 1 atom stereocenters. The first-order valence-corrected chi connectivity index (χ1v) is 7.82. The van der Waals surface area contributed by atoms with Gasteiger partial charge in [-0.05, 0) is 55.2 Å². The summed E-state index contributed by atoms with van der Waals surface area (Å²) >= 11 is 0. The molecule has 2 amide bonds. The van der Waals surface area contributed by atoms with Gasteiger partial charge >= 0.3 is 6.03 Å². The van der Waals surface area contributed by atoms with Crippen LogP contribution in [0.4, 0.5) is 18.0 Å². The average molecular weight is 328 g/mol. The molecule has 2 fully saturated rings. The summed E-state index contributed by atoms with van der Waals surface area (Å²) in [5, 5.41) is 14.8. The van der Waals surface area contributed by atoms with E-state index in [2.05, 4.69) is 10.6 Å². The Bertz CT molecular complexity index is 568. The van der Waals surface area contributed by atoms with Gasteiger partial charge in [-0.25, -0.2) is 18.0 Å². The molecule has 0 saturated heterocycles. The minimum absolute atomic E-state index is 0.0200. The van der Waals surface area contributed by atoms with E-state index in [9.17, 15) is 23.1 Å². The van der Waals surface area contributed by atoms with Crippen LogP contribution in [0.15, 0.2) is 12.1 Å². The van der Waals surface area contributed by atoms with E-state index in [1.165, 1.54) is 0 Å². The summed E-state index contributed by atoms with van der Waals surface area (Å²) in [7, 11) is 0. The molecule has 23 heavy (non-hydrogen) atoms. The van der Waals surface area contributed by atoms with Gasteiger partial charge in [0.05, 0.1) is 12.6 Å². The van der Waals surface area contributed by atoms with Gasteiger partial charge < -0.3 is 15.7 Å². The lowest BCUT2D eigenvalue weighted by Gasteiger charge is -2.22. The third-order valence-corrected chi connectivity index (χ3v) is 4.45. The highest BCUT2D eigenvalue weighted by Crippen LogP contribution is 2.44. The van der Waals surface area contributed by atoms with Gasteiger partial charge in [0.15, 0.2) is 17.5 Å². The van der Waals surface area contributed by atoms with E-state index < -0.39 is 36.1 Å². The maximum Gasteiger partial charge on any atom is 0.315 e. The van der Waals surface area contributed by atoms with Gasteiger partial charge in [-0.3, -0.25) is 0 Å². The number of amides is 2. The van der Waals surface area contributed by atoms with Crippen LogP contribution in [0, 0.1) is 29.3 Å². The van der Waals surface area contributed by atoms with Crippen LogP contribution in [0.5, 0.6) is 0 Å². The van der Waals surface area contributed by atoms with Crippen molar-refractivity contribution in [3.05, 3.63) is 35.1 Å². The average Bonchev–Trinajstić information content (AvgIpc) is 3.38. The Kier molecular flexibility index (Phi) is 4.48. The number of carbonyl (C=O) groups excluding carboxylic acids is 1. The highest BCUT2D eigenvalue weighted by Gasteiger charge is 2.42. The summed E-state index contributed by atoms with van der Waals surface area (Å²) in [6.07, 6.45) is 4.39. The molecule has 2 aliphatic carbocycles. The second-order valence-corrected chi connectivity index (χ2v) is 6.35. The van der Waals surface area contributed by atoms with Crippen LogP contribution in [0.25, 0.3) is 0 Å². The van der Waals surface area contributed by atoms with E-state index in [-0.39, 0.29) is 11.6 Å².